The average Bonchev–Trinajstić information content (AvgIpc) is 2.42. The summed E-state index contributed by atoms with van der Waals surface area (Å²) in [5.74, 6) is 0.717. The summed E-state index contributed by atoms with van der Waals surface area (Å²) in [6, 6.07) is 6.65. The van der Waals surface area contributed by atoms with Gasteiger partial charge in [-0.25, -0.2) is 0 Å². The maximum atomic E-state index is 11.5. The second-order valence-electron chi connectivity index (χ2n) is 5.43. The van der Waals surface area contributed by atoms with Crippen molar-refractivity contribution in [2.45, 2.75) is 44.8 Å². The molecule has 2 heterocycles. The lowest BCUT2D eigenvalue weighted by Gasteiger charge is -2.26. The minimum atomic E-state index is -0.407. The van der Waals surface area contributed by atoms with Crippen molar-refractivity contribution in [2.75, 3.05) is 11.9 Å². The lowest BCUT2D eigenvalue weighted by atomic mass is 9.97. The summed E-state index contributed by atoms with van der Waals surface area (Å²) >= 11 is 0. The number of anilines is 1. The zero-order valence-electron chi connectivity index (χ0n) is 11.2. The Kier molecular flexibility index (Phi) is 3.42. The maximum Gasteiger partial charge on any atom is 0.265 e. The van der Waals surface area contributed by atoms with E-state index in [1.807, 2.05) is 6.07 Å². The van der Waals surface area contributed by atoms with Crippen LogP contribution < -0.4 is 15.4 Å². The van der Waals surface area contributed by atoms with Crippen LogP contribution in [0, 0.1) is 0 Å². The topological polar surface area (TPSA) is 50.4 Å². The molecule has 0 spiro atoms. The van der Waals surface area contributed by atoms with Gasteiger partial charge in [0.15, 0.2) is 6.10 Å². The zero-order chi connectivity index (χ0) is 13.2. The molecular weight excluding hydrogens is 240 g/mol. The van der Waals surface area contributed by atoms with Gasteiger partial charge >= 0.3 is 0 Å². The number of piperidine rings is 1. The molecule has 1 saturated heterocycles. The highest BCUT2D eigenvalue weighted by Gasteiger charge is 2.23. The number of fused-ring (bicyclic) bond motifs is 1. The first-order chi connectivity index (χ1) is 9.22. The van der Waals surface area contributed by atoms with Crippen LogP contribution in [0.15, 0.2) is 18.2 Å². The van der Waals surface area contributed by atoms with Gasteiger partial charge in [0.05, 0.1) is 5.69 Å². The van der Waals surface area contributed by atoms with Crippen molar-refractivity contribution in [2.24, 2.45) is 0 Å². The molecule has 19 heavy (non-hydrogen) atoms. The molecule has 1 aromatic rings. The van der Waals surface area contributed by atoms with E-state index < -0.39 is 6.10 Å². The number of amides is 1. The van der Waals surface area contributed by atoms with Gasteiger partial charge in [0, 0.05) is 6.04 Å². The predicted molar refractivity (Wildman–Crippen MR) is 74.5 cm³/mol. The zero-order valence-corrected chi connectivity index (χ0v) is 11.2. The minimum absolute atomic E-state index is 0.0748. The van der Waals surface area contributed by atoms with Crippen LogP contribution in [0.3, 0.4) is 0 Å². The maximum absolute atomic E-state index is 11.5. The third-order valence-electron chi connectivity index (χ3n) is 3.87. The molecule has 2 aliphatic heterocycles. The quantitative estimate of drug-likeness (QED) is 0.856. The molecule has 2 unspecified atom stereocenters. The number of nitrogens with one attached hydrogen (secondary N) is 2. The summed E-state index contributed by atoms with van der Waals surface area (Å²) in [6.45, 7) is 2.90. The van der Waals surface area contributed by atoms with Gasteiger partial charge in [0.2, 0.25) is 0 Å². The molecule has 1 amide bonds. The molecule has 2 atom stereocenters. The second-order valence-corrected chi connectivity index (χ2v) is 5.43. The van der Waals surface area contributed by atoms with E-state index in [1.54, 1.807) is 6.92 Å². The standard InChI is InChI=1S/C15H20N2O2/c1-10-15(18)17-13-6-5-11(9-14(13)19-10)8-12-4-2-3-7-16-12/h5-6,9-10,12,16H,2-4,7-8H2,1H3,(H,17,18). The van der Waals surface area contributed by atoms with Crippen molar-refractivity contribution >= 4 is 11.6 Å². The molecule has 4 heteroatoms. The fourth-order valence-corrected chi connectivity index (χ4v) is 2.76. The third-order valence-corrected chi connectivity index (χ3v) is 3.87. The number of carbonyl (C=O) groups excluding carboxylic acids is 1. The van der Waals surface area contributed by atoms with E-state index in [0.29, 0.717) is 6.04 Å². The summed E-state index contributed by atoms with van der Waals surface area (Å²) in [6.07, 6.45) is 4.46. The Hall–Kier alpha value is -1.55. The van der Waals surface area contributed by atoms with Gasteiger partial charge in [-0.15, -0.1) is 0 Å². The molecule has 102 valence electrons. The molecule has 0 saturated carbocycles. The summed E-state index contributed by atoms with van der Waals surface area (Å²) in [4.78, 5) is 11.5. The molecule has 2 N–H and O–H groups in total. The molecule has 0 radical (unpaired) electrons. The van der Waals surface area contributed by atoms with Gasteiger partial charge in [-0.1, -0.05) is 12.5 Å². The molecule has 0 aliphatic carbocycles. The van der Waals surface area contributed by atoms with E-state index in [0.717, 1.165) is 24.4 Å². The van der Waals surface area contributed by atoms with Gasteiger partial charge in [-0.3, -0.25) is 4.79 Å². The van der Waals surface area contributed by atoms with Gasteiger partial charge in [0.25, 0.3) is 5.91 Å². The molecule has 4 nitrogen and oxygen atoms in total. The van der Waals surface area contributed by atoms with E-state index in [4.69, 9.17) is 4.74 Å². The number of benzene rings is 1. The summed E-state index contributed by atoms with van der Waals surface area (Å²) in [5, 5.41) is 6.41. The monoisotopic (exact) mass is 260 g/mol. The predicted octanol–water partition coefficient (Wildman–Crippen LogP) is 2.09. The highest BCUT2D eigenvalue weighted by atomic mass is 16.5. The van der Waals surface area contributed by atoms with Crippen molar-refractivity contribution in [3.8, 4) is 5.75 Å². The van der Waals surface area contributed by atoms with Crippen molar-refractivity contribution in [3.63, 3.8) is 0 Å². The fraction of sp³-hybridized carbons (Fsp3) is 0.533. The number of hydrogen-bond acceptors (Lipinski definition) is 3. The van der Waals surface area contributed by atoms with Crippen LogP contribution in [0.1, 0.15) is 31.7 Å². The summed E-state index contributed by atoms with van der Waals surface area (Å²) in [7, 11) is 0. The highest BCUT2D eigenvalue weighted by Crippen LogP contribution is 2.31. The van der Waals surface area contributed by atoms with E-state index in [2.05, 4.69) is 22.8 Å². The lowest BCUT2D eigenvalue weighted by Crippen LogP contribution is -2.36. The largest absolute Gasteiger partial charge is 0.479 e. The van der Waals surface area contributed by atoms with Crippen molar-refractivity contribution in [3.05, 3.63) is 23.8 Å². The van der Waals surface area contributed by atoms with Crippen LogP contribution in [0.5, 0.6) is 5.75 Å². The SMILES string of the molecule is CC1Oc2cc(CC3CCCCN3)ccc2NC1=O. The Morgan fingerprint density at radius 3 is 3.05 bits per heavy atom. The van der Waals surface area contributed by atoms with Crippen LogP contribution in [0.25, 0.3) is 0 Å². The Balaban J connectivity index is 1.74. The summed E-state index contributed by atoms with van der Waals surface area (Å²) in [5.41, 5.74) is 2.05. The second kappa shape index (κ2) is 5.21. The van der Waals surface area contributed by atoms with Crippen LogP contribution in [-0.2, 0) is 11.2 Å². The summed E-state index contributed by atoms with van der Waals surface area (Å²) < 4.78 is 5.64. The average molecular weight is 260 g/mol. The molecule has 0 bridgehead atoms. The number of ether oxygens (including phenoxy) is 1. The lowest BCUT2D eigenvalue weighted by molar-refractivity contribution is -0.122. The third kappa shape index (κ3) is 2.73. The van der Waals surface area contributed by atoms with Crippen molar-refractivity contribution < 1.29 is 9.53 Å². The molecular formula is C15H20N2O2. The van der Waals surface area contributed by atoms with Gasteiger partial charge in [-0.2, -0.15) is 0 Å². The number of rotatable bonds is 2. The number of hydrogen-bond donors (Lipinski definition) is 2. The van der Waals surface area contributed by atoms with Crippen LogP contribution >= 0.6 is 0 Å². The van der Waals surface area contributed by atoms with E-state index in [9.17, 15) is 4.79 Å². The van der Waals surface area contributed by atoms with E-state index in [1.165, 1.54) is 24.8 Å². The first kappa shape index (κ1) is 12.5. The fourth-order valence-electron chi connectivity index (χ4n) is 2.76. The molecule has 1 aromatic carbocycles. The Morgan fingerprint density at radius 2 is 2.26 bits per heavy atom. The Labute approximate surface area is 113 Å². The van der Waals surface area contributed by atoms with Gasteiger partial charge in [0.1, 0.15) is 5.75 Å². The van der Waals surface area contributed by atoms with Gasteiger partial charge in [-0.05, 0) is 50.4 Å². The first-order valence-corrected chi connectivity index (χ1v) is 7.06. The van der Waals surface area contributed by atoms with Crippen LogP contribution in [0.2, 0.25) is 0 Å². The normalized spacial score (nSPS) is 26.3. The van der Waals surface area contributed by atoms with E-state index >= 15 is 0 Å². The Bertz CT molecular complexity index is 481. The van der Waals surface area contributed by atoms with Crippen LogP contribution in [-0.4, -0.2) is 24.6 Å². The van der Waals surface area contributed by atoms with Crippen molar-refractivity contribution in [1.29, 1.82) is 0 Å². The molecule has 1 fully saturated rings. The van der Waals surface area contributed by atoms with E-state index in [-0.39, 0.29) is 5.91 Å². The highest BCUT2D eigenvalue weighted by molar-refractivity contribution is 5.97. The molecule has 3 rings (SSSR count). The molecule has 0 aromatic heterocycles. The minimum Gasteiger partial charge on any atom is -0.479 e. The van der Waals surface area contributed by atoms with Gasteiger partial charge < -0.3 is 15.4 Å². The smallest absolute Gasteiger partial charge is 0.265 e. The number of carbonyl (C=O) groups is 1. The molecule has 2 aliphatic rings. The first-order valence-electron chi connectivity index (χ1n) is 7.06. The van der Waals surface area contributed by atoms with Crippen molar-refractivity contribution in [1.82, 2.24) is 5.32 Å². The Morgan fingerprint density at radius 1 is 1.37 bits per heavy atom. The van der Waals surface area contributed by atoms with Crippen LogP contribution in [0.4, 0.5) is 5.69 Å².